The Bertz CT molecular complexity index is 826. The zero-order valence-corrected chi connectivity index (χ0v) is 23.9. The number of nitrogens with zero attached hydrogens (tertiary/aromatic N) is 2. The second kappa shape index (κ2) is 21.8. The first kappa shape index (κ1) is 37.1. The summed E-state index contributed by atoms with van der Waals surface area (Å²) in [5, 5.41) is 61.4. The number of allylic oxidation sites excluding steroid dienone is 2. The lowest BCUT2D eigenvalue weighted by Gasteiger charge is -2.20. The molecule has 242 valence electrons. The number of amides is 1. The SMILES string of the molecule is CCCCC[C@H](O)/C=C/[C@@H]1[C@@H](C/C=C\CCCC(=O)NCCOC(O)OC(CO[N+](=O)[O-])CO[N+](=O)[O-])[C@@H](O)C[C@H]1O. The average molecular weight is 608 g/mol. The standard InChI is InChI=1S/C26H45N3O13/c1-2-3-6-9-19(30)12-13-22-21(23(31)16-24(22)32)10-7-4-5-8-11-25(33)27-14-15-39-26(34)42-20(17-40-28(35)36)18-41-29(37)38/h4,7,12-13,19-24,26,30-32,34H,2-3,5-6,8-11,14-18H2,1H3,(H,27,33)/b7-4-,13-12+/t19-,21+,22+,23-,24+,26?/m0/s1. The Morgan fingerprint density at radius 3 is 2.38 bits per heavy atom. The molecule has 1 saturated carbocycles. The van der Waals surface area contributed by atoms with E-state index in [2.05, 4.69) is 21.9 Å². The van der Waals surface area contributed by atoms with Gasteiger partial charge in [-0.05, 0) is 31.6 Å². The summed E-state index contributed by atoms with van der Waals surface area (Å²) in [6.45, 7) is -1.42. The van der Waals surface area contributed by atoms with E-state index in [4.69, 9.17) is 9.47 Å². The molecule has 0 aliphatic heterocycles. The molecular formula is C26H45N3O13. The van der Waals surface area contributed by atoms with Gasteiger partial charge >= 0.3 is 0 Å². The zero-order valence-electron chi connectivity index (χ0n) is 23.9. The third-order valence-corrected chi connectivity index (χ3v) is 6.65. The summed E-state index contributed by atoms with van der Waals surface area (Å²) in [5.41, 5.74) is 0. The highest BCUT2D eigenvalue weighted by molar-refractivity contribution is 5.75. The van der Waals surface area contributed by atoms with E-state index < -0.39 is 54.3 Å². The van der Waals surface area contributed by atoms with Gasteiger partial charge in [0.05, 0.1) is 24.9 Å². The van der Waals surface area contributed by atoms with Crippen LogP contribution in [0.4, 0.5) is 0 Å². The van der Waals surface area contributed by atoms with Gasteiger partial charge in [0.15, 0.2) is 0 Å². The molecule has 1 unspecified atom stereocenters. The molecule has 0 radical (unpaired) electrons. The van der Waals surface area contributed by atoms with Crippen molar-refractivity contribution < 1.29 is 54.5 Å². The Balaban J connectivity index is 2.27. The van der Waals surface area contributed by atoms with Crippen LogP contribution in [0.3, 0.4) is 0 Å². The molecule has 16 heteroatoms. The largest absolute Gasteiger partial charge is 0.393 e. The molecule has 1 aliphatic rings. The molecule has 0 aromatic heterocycles. The monoisotopic (exact) mass is 607 g/mol. The maximum atomic E-state index is 12.0. The van der Waals surface area contributed by atoms with Crippen LogP contribution in [0.15, 0.2) is 24.3 Å². The van der Waals surface area contributed by atoms with E-state index in [0.717, 1.165) is 19.3 Å². The molecule has 1 rings (SSSR count). The van der Waals surface area contributed by atoms with Gasteiger partial charge in [0.25, 0.3) is 16.6 Å². The Hall–Kier alpha value is -2.89. The quantitative estimate of drug-likeness (QED) is 0.0341. The van der Waals surface area contributed by atoms with Crippen molar-refractivity contribution in [3.8, 4) is 0 Å². The van der Waals surface area contributed by atoms with Crippen LogP contribution in [0.1, 0.15) is 64.7 Å². The average Bonchev–Trinajstić information content (AvgIpc) is 3.20. The molecule has 42 heavy (non-hydrogen) atoms. The predicted molar refractivity (Wildman–Crippen MR) is 146 cm³/mol. The van der Waals surface area contributed by atoms with Gasteiger partial charge in [-0.2, -0.15) is 0 Å². The van der Waals surface area contributed by atoms with Crippen LogP contribution < -0.4 is 5.32 Å². The van der Waals surface area contributed by atoms with Gasteiger partial charge in [0, 0.05) is 25.3 Å². The topological polar surface area (TPSA) is 233 Å². The second-order valence-corrected chi connectivity index (χ2v) is 9.98. The van der Waals surface area contributed by atoms with Gasteiger partial charge in [-0.3, -0.25) is 4.79 Å². The molecule has 1 fully saturated rings. The summed E-state index contributed by atoms with van der Waals surface area (Å²) in [6, 6.07) is 0. The van der Waals surface area contributed by atoms with Gasteiger partial charge in [-0.1, -0.05) is 50.5 Å². The van der Waals surface area contributed by atoms with Crippen molar-refractivity contribution in [3.63, 3.8) is 0 Å². The number of carbonyl (C=O) groups is 1. The number of ether oxygens (including phenoxy) is 2. The van der Waals surface area contributed by atoms with Crippen molar-refractivity contribution >= 4 is 5.91 Å². The summed E-state index contributed by atoms with van der Waals surface area (Å²) in [7, 11) is 0. The molecule has 0 spiro atoms. The Morgan fingerprint density at radius 2 is 1.74 bits per heavy atom. The van der Waals surface area contributed by atoms with E-state index in [0.29, 0.717) is 32.1 Å². The lowest BCUT2D eigenvalue weighted by molar-refractivity contribution is -0.769. The molecule has 0 heterocycles. The van der Waals surface area contributed by atoms with E-state index >= 15 is 0 Å². The summed E-state index contributed by atoms with van der Waals surface area (Å²) in [6.07, 6.45) is 10.2. The van der Waals surface area contributed by atoms with Crippen molar-refractivity contribution in [1.82, 2.24) is 5.32 Å². The lowest BCUT2D eigenvalue weighted by Crippen LogP contribution is -2.35. The van der Waals surface area contributed by atoms with E-state index in [1.807, 2.05) is 18.2 Å². The van der Waals surface area contributed by atoms with E-state index in [1.165, 1.54) is 0 Å². The Labute approximate surface area is 244 Å². The highest BCUT2D eigenvalue weighted by Gasteiger charge is 2.39. The predicted octanol–water partition coefficient (Wildman–Crippen LogP) is 1.17. The van der Waals surface area contributed by atoms with Gasteiger partial charge in [-0.25, -0.2) is 0 Å². The van der Waals surface area contributed by atoms with Crippen LogP contribution in [-0.4, -0.2) is 93.8 Å². The van der Waals surface area contributed by atoms with Gasteiger partial charge < -0.3 is 44.9 Å². The molecule has 0 aromatic rings. The number of rotatable bonds is 24. The first-order chi connectivity index (χ1) is 20.0. The number of nitrogens with one attached hydrogen (secondary N) is 1. The van der Waals surface area contributed by atoms with Crippen molar-refractivity contribution in [3.05, 3.63) is 44.5 Å². The fraction of sp³-hybridized carbons (Fsp3) is 0.808. The molecule has 0 aromatic carbocycles. The smallest absolute Gasteiger partial charge is 0.294 e. The van der Waals surface area contributed by atoms with Crippen LogP contribution in [0.5, 0.6) is 0 Å². The third kappa shape index (κ3) is 17.2. The van der Waals surface area contributed by atoms with Gasteiger partial charge in [0.1, 0.15) is 19.3 Å². The molecule has 1 amide bonds. The maximum absolute atomic E-state index is 12.0. The highest BCUT2D eigenvalue weighted by Crippen LogP contribution is 2.36. The Kier molecular flexibility index (Phi) is 19.2. The summed E-state index contributed by atoms with van der Waals surface area (Å²) >= 11 is 0. The van der Waals surface area contributed by atoms with E-state index in [1.54, 1.807) is 6.08 Å². The summed E-state index contributed by atoms with van der Waals surface area (Å²) < 4.78 is 9.79. The van der Waals surface area contributed by atoms with Gasteiger partial charge in [0.2, 0.25) is 5.91 Å². The van der Waals surface area contributed by atoms with Crippen LogP contribution in [0.25, 0.3) is 0 Å². The number of unbranched alkanes of at least 4 members (excludes halogenated alkanes) is 3. The fourth-order valence-corrected chi connectivity index (χ4v) is 4.47. The van der Waals surface area contributed by atoms with Gasteiger partial charge in [-0.15, -0.1) is 20.2 Å². The third-order valence-electron chi connectivity index (χ3n) is 6.65. The minimum absolute atomic E-state index is 0.0284. The van der Waals surface area contributed by atoms with Crippen molar-refractivity contribution in [1.29, 1.82) is 0 Å². The number of hydrogen-bond donors (Lipinski definition) is 5. The van der Waals surface area contributed by atoms with E-state index in [9.17, 15) is 45.4 Å². The van der Waals surface area contributed by atoms with Crippen LogP contribution in [0, 0.1) is 32.1 Å². The zero-order chi connectivity index (χ0) is 31.3. The van der Waals surface area contributed by atoms with Crippen molar-refractivity contribution in [2.45, 2.75) is 95.6 Å². The van der Waals surface area contributed by atoms with Crippen LogP contribution in [0.2, 0.25) is 0 Å². The van der Waals surface area contributed by atoms with Crippen LogP contribution >= 0.6 is 0 Å². The minimum atomic E-state index is -1.90. The summed E-state index contributed by atoms with van der Waals surface area (Å²) in [5.74, 6) is -0.650. The van der Waals surface area contributed by atoms with Crippen molar-refractivity contribution in [2.75, 3.05) is 26.4 Å². The molecule has 16 nitrogen and oxygen atoms in total. The van der Waals surface area contributed by atoms with Crippen molar-refractivity contribution in [2.24, 2.45) is 11.8 Å². The molecule has 0 saturated heterocycles. The first-order valence-electron chi connectivity index (χ1n) is 14.2. The number of aliphatic hydroxyl groups is 4. The minimum Gasteiger partial charge on any atom is -0.393 e. The molecular weight excluding hydrogens is 562 g/mol. The maximum Gasteiger partial charge on any atom is 0.294 e. The first-order valence-corrected chi connectivity index (χ1v) is 14.2. The number of hydrogen-bond acceptors (Lipinski definition) is 13. The molecule has 6 atom stereocenters. The molecule has 0 bridgehead atoms. The number of carbonyl (C=O) groups excluding carboxylic acids is 1. The fourth-order valence-electron chi connectivity index (χ4n) is 4.47. The highest BCUT2D eigenvalue weighted by atomic mass is 17.0. The second-order valence-electron chi connectivity index (χ2n) is 9.98. The normalized spacial score (nSPS) is 22.0. The molecule has 5 N–H and O–H groups in total. The summed E-state index contributed by atoms with van der Waals surface area (Å²) in [4.78, 5) is 40.7. The Morgan fingerprint density at radius 1 is 1.05 bits per heavy atom. The molecule has 1 aliphatic carbocycles. The number of aliphatic hydroxyl groups excluding tert-OH is 4. The van der Waals surface area contributed by atoms with E-state index in [-0.39, 0.29) is 37.3 Å². The van der Waals surface area contributed by atoms with Crippen LogP contribution in [-0.2, 0) is 23.9 Å². The lowest BCUT2D eigenvalue weighted by atomic mass is 9.89.